The molecule has 0 saturated heterocycles. The number of thioether (sulfide) groups is 1. The van der Waals surface area contributed by atoms with Gasteiger partial charge in [0.2, 0.25) is 5.82 Å². The molecule has 12 heteroatoms. The van der Waals surface area contributed by atoms with Crippen LogP contribution in [0.25, 0.3) is 0 Å². The number of rotatable bonds is 6. The first-order chi connectivity index (χ1) is 12.6. The van der Waals surface area contributed by atoms with Crippen molar-refractivity contribution in [2.45, 2.75) is 24.8 Å². The number of benzene rings is 1. The Labute approximate surface area is 152 Å². The van der Waals surface area contributed by atoms with Gasteiger partial charge in [-0.25, -0.2) is 26.7 Å². The summed E-state index contributed by atoms with van der Waals surface area (Å²) >= 11 is 0.0125. The first-order valence-electron chi connectivity index (χ1n) is 7.41. The Morgan fingerprint density at radius 1 is 1.04 bits per heavy atom. The summed E-state index contributed by atoms with van der Waals surface area (Å²) in [5.74, 6) is -13.2. The summed E-state index contributed by atoms with van der Waals surface area (Å²) in [6.07, 6.45) is 0.448. The van der Waals surface area contributed by atoms with Crippen LogP contribution in [0.4, 0.5) is 27.8 Å². The van der Waals surface area contributed by atoms with Gasteiger partial charge in [0, 0.05) is 6.54 Å². The topological polar surface area (TPSA) is 97.9 Å². The molecule has 1 aromatic heterocycles. The van der Waals surface area contributed by atoms with E-state index in [0.717, 1.165) is 4.57 Å². The molecule has 3 N–H and O–H groups in total. The van der Waals surface area contributed by atoms with Crippen LogP contribution in [0.1, 0.15) is 23.7 Å². The fourth-order valence-electron chi connectivity index (χ4n) is 2.22. The van der Waals surface area contributed by atoms with E-state index in [1.54, 1.807) is 6.92 Å². The van der Waals surface area contributed by atoms with Crippen molar-refractivity contribution in [3.63, 3.8) is 0 Å². The Bertz CT molecular complexity index is 1010. The highest BCUT2D eigenvalue weighted by Crippen LogP contribution is 2.31. The van der Waals surface area contributed by atoms with Crippen LogP contribution in [0.3, 0.4) is 0 Å². The van der Waals surface area contributed by atoms with Gasteiger partial charge in [-0.1, -0.05) is 6.92 Å². The summed E-state index contributed by atoms with van der Waals surface area (Å²) in [6.45, 7) is 1.80. The van der Waals surface area contributed by atoms with E-state index in [1.807, 2.05) is 4.98 Å². The zero-order valence-electron chi connectivity index (χ0n) is 13.7. The summed E-state index contributed by atoms with van der Waals surface area (Å²) in [7, 11) is 0. The lowest BCUT2D eigenvalue weighted by molar-refractivity contribution is 0.102. The average molecular weight is 409 g/mol. The molecular weight excluding hydrogens is 397 g/mol. The summed E-state index contributed by atoms with van der Waals surface area (Å²) in [5, 5.41) is 0. The van der Waals surface area contributed by atoms with Crippen LogP contribution in [-0.4, -0.2) is 21.1 Å². The number of nitrogen functional groups attached to an aromatic ring is 1. The number of anilines is 1. The van der Waals surface area contributed by atoms with Gasteiger partial charge in [0.25, 0.3) is 5.56 Å². The number of ketones is 1. The Hall–Kier alpha value is -2.63. The maximum absolute atomic E-state index is 13.6. The fourth-order valence-corrected chi connectivity index (χ4v) is 3.08. The molecule has 6 nitrogen and oxygen atoms in total. The Morgan fingerprint density at radius 3 is 2.07 bits per heavy atom. The summed E-state index contributed by atoms with van der Waals surface area (Å²) < 4.78 is 67.6. The molecule has 0 atom stereocenters. The van der Waals surface area contributed by atoms with Gasteiger partial charge in [-0.2, -0.15) is 0 Å². The number of carbonyl (C=O) groups excluding carboxylic acids is 1. The lowest BCUT2D eigenvalue weighted by Gasteiger charge is -2.11. The first-order valence-corrected chi connectivity index (χ1v) is 8.40. The SMILES string of the molecule is CCCn1c(N)c(C(=O)CSc2c(F)c(F)c(F)c(F)c2F)c(=O)[nH]c1=O. The van der Waals surface area contributed by atoms with Crippen molar-refractivity contribution in [3.05, 3.63) is 55.5 Å². The van der Waals surface area contributed by atoms with E-state index < -0.39 is 68.1 Å². The number of aromatic amines is 1. The van der Waals surface area contributed by atoms with Crippen LogP contribution in [0.15, 0.2) is 14.5 Å². The Morgan fingerprint density at radius 2 is 1.56 bits per heavy atom. The largest absolute Gasteiger partial charge is 0.384 e. The number of nitrogens with zero attached hydrogens (tertiary/aromatic N) is 1. The van der Waals surface area contributed by atoms with Crippen molar-refractivity contribution in [1.29, 1.82) is 0 Å². The molecule has 146 valence electrons. The Kier molecular flexibility index (Phi) is 6.08. The van der Waals surface area contributed by atoms with E-state index in [1.165, 1.54) is 0 Å². The molecular formula is C15H12F5N3O3S. The van der Waals surface area contributed by atoms with Crippen molar-refractivity contribution in [2.75, 3.05) is 11.5 Å². The number of hydrogen-bond donors (Lipinski definition) is 2. The van der Waals surface area contributed by atoms with Gasteiger partial charge in [-0.05, 0) is 6.42 Å². The minimum absolute atomic E-state index is 0.0125. The molecule has 2 rings (SSSR count). The highest BCUT2D eigenvalue weighted by atomic mass is 32.2. The molecule has 0 aliphatic heterocycles. The lowest BCUT2D eigenvalue weighted by Crippen LogP contribution is -2.36. The van der Waals surface area contributed by atoms with Gasteiger partial charge in [0.1, 0.15) is 11.4 Å². The van der Waals surface area contributed by atoms with Crippen LogP contribution < -0.4 is 17.0 Å². The molecule has 0 unspecified atom stereocenters. The van der Waals surface area contributed by atoms with E-state index in [0.29, 0.717) is 6.42 Å². The molecule has 0 bridgehead atoms. The van der Waals surface area contributed by atoms with Gasteiger partial charge in [-0.3, -0.25) is 19.1 Å². The first kappa shape index (κ1) is 20.7. The molecule has 1 aromatic carbocycles. The molecule has 0 amide bonds. The number of hydrogen-bond acceptors (Lipinski definition) is 5. The maximum atomic E-state index is 13.6. The highest BCUT2D eigenvalue weighted by molar-refractivity contribution is 8.00. The van der Waals surface area contributed by atoms with Crippen molar-refractivity contribution in [3.8, 4) is 0 Å². The molecule has 27 heavy (non-hydrogen) atoms. The second-order valence-corrected chi connectivity index (χ2v) is 6.27. The molecule has 0 aliphatic rings. The number of Topliss-reactive ketones (excluding diaryl/α,β-unsaturated/α-hetero) is 1. The van der Waals surface area contributed by atoms with Crippen LogP contribution in [0, 0.1) is 29.1 Å². The summed E-state index contributed by atoms with van der Waals surface area (Å²) in [5.41, 5.74) is 3.06. The van der Waals surface area contributed by atoms with Crippen molar-refractivity contribution >= 4 is 23.4 Å². The van der Waals surface area contributed by atoms with Gasteiger partial charge in [0.15, 0.2) is 29.1 Å². The third kappa shape index (κ3) is 3.75. The summed E-state index contributed by atoms with van der Waals surface area (Å²) in [6, 6.07) is 0. The summed E-state index contributed by atoms with van der Waals surface area (Å²) in [4.78, 5) is 36.4. The average Bonchev–Trinajstić information content (AvgIpc) is 2.61. The van der Waals surface area contributed by atoms with Crippen LogP contribution in [0.2, 0.25) is 0 Å². The van der Waals surface area contributed by atoms with Crippen LogP contribution in [0.5, 0.6) is 0 Å². The number of nitrogens with two attached hydrogens (primary N) is 1. The molecule has 1 heterocycles. The quantitative estimate of drug-likeness (QED) is 0.251. The number of carbonyl (C=O) groups is 1. The van der Waals surface area contributed by atoms with E-state index in [-0.39, 0.29) is 18.3 Å². The minimum Gasteiger partial charge on any atom is -0.384 e. The van der Waals surface area contributed by atoms with Crippen molar-refractivity contribution in [2.24, 2.45) is 0 Å². The second-order valence-electron chi connectivity index (χ2n) is 5.28. The van der Waals surface area contributed by atoms with Crippen molar-refractivity contribution in [1.82, 2.24) is 9.55 Å². The maximum Gasteiger partial charge on any atom is 0.329 e. The standard InChI is InChI=1S/C15H12F5N3O3S/c1-2-3-23-13(21)6(14(25)22-15(23)26)5(24)4-27-12-10(19)8(17)7(16)9(18)11(12)20/h2-4,21H2,1H3,(H,22,25,26). The molecule has 0 spiro atoms. The molecule has 0 radical (unpaired) electrons. The van der Waals surface area contributed by atoms with Crippen LogP contribution >= 0.6 is 11.8 Å². The molecule has 0 aliphatic carbocycles. The van der Waals surface area contributed by atoms with Gasteiger partial charge in [-0.15, -0.1) is 11.8 Å². The van der Waals surface area contributed by atoms with Crippen molar-refractivity contribution < 1.29 is 26.7 Å². The molecule has 2 aromatic rings. The predicted octanol–water partition coefficient (Wildman–Crippen LogP) is 2.20. The van der Waals surface area contributed by atoms with Gasteiger partial charge >= 0.3 is 5.69 Å². The Balaban J connectivity index is 2.40. The highest BCUT2D eigenvalue weighted by Gasteiger charge is 2.27. The zero-order valence-corrected chi connectivity index (χ0v) is 14.5. The van der Waals surface area contributed by atoms with E-state index >= 15 is 0 Å². The third-order valence-corrected chi connectivity index (χ3v) is 4.54. The lowest BCUT2D eigenvalue weighted by atomic mass is 10.2. The molecule has 0 saturated carbocycles. The number of nitrogens with one attached hydrogen (secondary N) is 1. The smallest absolute Gasteiger partial charge is 0.329 e. The fraction of sp³-hybridized carbons (Fsp3) is 0.267. The number of aromatic nitrogens is 2. The normalized spacial score (nSPS) is 11.0. The number of halogens is 5. The zero-order chi connectivity index (χ0) is 20.5. The number of H-pyrrole nitrogens is 1. The monoisotopic (exact) mass is 409 g/mol. The molecule has 0 fully saturated rings. The van der Waals surface area contributed by atoms with E-state index in [4.69, 9.17) is 5.73 Å². The van der Waals surface area contributed by atoms with Gasteiger partial charge < -0.3 is 5.73 Å². The van der Waals surface area contributed by atoms with Crippen LogP contribution in [-0.2, 0) is 6.54 Å². The minimum atomic E-state index is -2.33. The van der Waals surface area contributed by atoms with E-state index in [9.17, 15) is 36.3 Å². The predicted molar refractivity (Wildman–Crippen MR) is 87.3 cm³/mol. The van der Waals surface area contributed by atoms with E-state index in [2.05, 4.69) is 0 Å². The second kappa shape index (κ2) is 7.94. The third-order valence-electron chi connectivity index (χ3n) is 3.48. The van der Waals surface area contributed by atoms with Gasteiger partial charge in [0.05, 0.1) is 10.6 Å².